The highest BCUT2D eigenvalue weighted by Crippen LogP contribution is 2.34. The Morgan fingerprint density at radius 3 is 1.85 bits per heavy atom. The van der Waals surface area contributed by atoms with E-state index in [2.05, 4.69) is 54.1 Å². The van der Waals surface area contributed by atoms with Gasteiger partial charge in [0.1, 0.15) is 11.5 Å². The minimum absolute atomic E-state index is 0.172. The highest BCUT2D eigenvalue weighted by atomic mass is 79.9. The molecule has 4 rings (SSSR count). The van der Waals surface area contributed by atoms with Crippen LogP contribution in [0.2, 0.25) is 0 Å². The van der Waals surface area contributed by atoms with Gasteiger partial charge in [0.25, 0.3) is 0 Å². The van der Waals surface area contributed by atoms with Gasteiger partial charge in [0.15, 0.2) is 0 Å². The maximum Gasteiger partial charge on any atom is 0.387 e. The summed E-state index contributed by atoms with van der Waals surface area (Å²) >= 11 is 9.91. The van der Waals surface area contributed by atoms with E-state index in [-0.39, 0.29) is 5.75 Å². The summed E-state index contributed by atoms with van der Waals surface area (Å²) < 4.78 is 37.4. The Labute approximate surface area is 173 Å². The molecular weight excluding hydrogens is 510 g/mol. The van der Waals surface area contributed by atoms with Crippen molar-refractivity contribution in [3.63, 3.8) is 0 Å². The molecule has 0 saturated heterocycles. The monoisotopic (exact) mass is 520 g/mol. The molecule has 26 heavy (non-hydrogen) atoms. The molecule has 0 aliphatic carbocycles. The zero-order valence-corrected chi connectivity index (χ0v) is 18.1. The molecule has 0 bridgehead atoms. The SMILES string of the molecule is COc1cc2ccsc2cc1Br.FC(F)Oc1cc2ccsc2cc1Br. The van der Waals surface area contributed by atoms with E-state index in [4.69, 9.17) is 4.74 Å². The second-order valence-corrected chi connectivity index (χ2v) is 8.67. The highest BCUT2D eigenvalue weighted by molar-refractivity contribution is 9.11. The molecule has 4 aromatic rings. The summed E-state index contributed by atoms with van der Waals surface area (Å²) in [5, 5.41) is 6.13. The van der Waals surface area contributed by atoms with Crippen molar-refractivity contribution < 1.29 is 18.3 Å². The molecule has 0 amide bonds. The molecule has 2 heterocycles. The molecule has 0 aliphatic rings. The zero-order valence-electron chi connectivity index (χ0n) is 13.3. The van der Waals surface area contributed by atoms with Gasteiger partial charge < -0.3 is 9.47 Å². The minimum Gasteiger partial charge on any atom is -0.496 e. The number of ether oxygens (including phenoxy) is 2. The second-order valence-electron chi connectivity index (χ2n) is 5.06. The Hall–Kier alpha value is -1.22. The van der Waals surface area contributed by atoms with E-state index in [0.717, 1.165) is 20.3 Å². The van der Waals surface area contributed by atoms with Crippen LogP contribution in [0, 0.1) is 0 Å². The Morgan fingerprint density at radius 1 is 0.846 bits per heavy atom. The highest BCUT2D eigenvalue weighted by Gasteiger charge is 2.09. The van der Waals surface area contributed by atoms with Crippen LogP contribution < -0.4 is 9.47 Å². The molecule has 8 heteroatoms. The molecule has 0 N–H and O–H groups in total. The van der Waals surface area contributed by atoms with Crippen LogP contribution in [-0.2, 0) is 0 Å². The number of rotatable bonds is 3. The molecule has 2 nitrogen and oxygen atoms in total. The molecule has 0 saturated carbocycles. The number of methoxy groups -OCH3 is 1. The number of hydrogen-bond acceptors (Lipinski definition) is 4. The van der Waals surface area contributed by atoms with Gasteiger partial charge in [-0.3, -0.25) is 0 Å². The van der Waals surface area contributed by atoms with Gasteiger partial charge in [-0.1, -0.05) is 0 Å². The third-order valence-electron chi connectivity index (χ3n) is 3.45. The summed E-state index contributed by atoms with van der Waals surface area (Å²) in [7, 11) is 1.68. The third kappa shape index (κ3) is 4.54. The Kier molecular flexibility index (Phi) is 6.50. The molecule has 0 aliphatic heterocycles. The standard InChI is InChI=1S/C9H5BrF2OS.C9H7BrOS/c10-6-4-8-5(1-2-14-8)3-7(6)13-9(11)12;1-11-8-4-6-2-3-12-9(6)5-7(8)10/h1-4,9H;2-5H,1H3. The van der Waals surface area contributed by atoms with Gasteiger partial charge in [-0.05, 0) is 89.8 Å². The summed E-state index contributed by atoms with van der Waals surface area (Å²) in [5.41, 5.74) is 0. The summed E-state index contributed by atoms with van der Waals surface area (Å²) in [6.45, 7) is -2.79. The lowest BCUT2D eigenvalue weighted by atomic mass is 10.2. The average Bonchev–Trinajstić information content (AvgIpc) is 3.22. The fraction of sp³-hybridized carbons (Fsp3) is 0.111. The van der Waals surface area contributed by atoms with Gasteiger partial charge in [0.05, 0.1) is 16.1 Å². The molecule has 136 valence electrons. The van der Waals surface area contributed by atoms with E-state index in [1.807, 2.05) is 17.5 Å². The predicted octanol–water partition coefficient (Wildman–Crippen LogP) is 7.94. The molecule has 0 fully saturated rings. The number of thiophene rings is 2. The van der Waals surface area contributed by atoms with Gasteiger partial charge in [0, 0.05) is 9.40 Å². The summed E-state index contributed by atoms with van der Waals surface area (Å²) in [5.74, 6) is 1.06. The number of halogens is 4. The first kappa shape index (κ1) is 19.5. The summed E-state index contributed by atoms with van der Waals surface area (Å²) in [6.07, 6.45) is 0. The van der Waals surface area contributed by atoms with E-state index < -0.39 is 6.61 Å². The second kappa shape index (κ2) is 8.65. The largest absolute Gasteiger partial charge is 0.496 e. The summed E-state index contributed by atoms with van der Waals surface area (Å²) in [4.78, 5) is 0. The number of fused-ring (bicyclic) bond motifs is 2. The molecule has 0 atom stereocenters. The zero-order chi connectivity index (χ0) is 18.7. The maximum atomic E-state index is 12.0. The lowest BCUT2D eigenvalue weighted by Gasteiger charge is -2.06. The molecule has 0 radical (unpaired) electrons. The minimum atomic E-state index is -2.79. The fourth-order valence-electron chi connectivity index (χ4n) is 2.27. The Bertz CT molecular complexity index is 1030. The van der Waals surface area contributed by atoms with Crippen LogP contribution in [0.15, 0.2) is 56.1 Å². The molecule has 2 aromatic carbocycles. The van der Waals surface area contributed by atoms with Crippen molar-refractivity contribution in [3.8, 4) is 11.5 Å². The van der Waals surface area contributed by atoms with E-state index in [0.29, 0.717) is 4.47 Å². The Morgan fingerprint density at radius 2 is 1.35 bits per heavy atom. The predicted molar refractivity (Wildman–Crippen MR) is 112 cm³/mol. The first-order chi connectivity index (χ1) is 12.5. The topological polar surface area (TPSA) is 18.5 Å². The fourth-order valence-corrected chi connectivity index (χ4v) is 5.14. The van der Waals surface area contributed by atoms with Crippen LogP contribution in [0.5, 0.6) is 11.5 Å². The van der Waals surface area contributed by atoms with Gasteiger partial charge in [-0.25, -0.2) is 0 Å². The van der Waals surface area contributed by atoms with E-state index in [9.17, 15) is 8.78 Å². The number of alkyl halides is 2. The average molecular weight is 522 g/mol. The lowest BCUT2D eigenvalue weighted by molar-refractivity contribution is -0.0502. The lowest BCUT2D eigenvalue weighted by Crippen LogP contribution is -2.02. The van der Waals surface area contributed by atoms with E-state index in [1.54, 1.807) is 41.9 Å². The number of hydrogen-bond donors (Lipinski definition) is 0. The van der Waals surface area contributed by atoms with Crippen LogP contribution in [0.1, 0.15) is 0 Å². The van der Waals surface area contributed by atoms with Crippen molar-refractivity contribution in [1.82, 2.24) is 0 Å². The van der Waals surface area contributed by atoms with Crippen LogP contribution in [0.3, 0.4) is 0 Å². The van der Waals surface area contributed by atoms with Crippen molar-refractivity contribution in [2.24, 2.45) is 0 Å². The van der Waals surface area contributed by atoms with Gasteiger partial charge in [-0.2, -0.15) is 8.78 Å². The molecule has 0 spiro atoms. The van der Waals surface area contributed by atoms with E-state index in [1.165, 1.54) is 10.1 Å². The van der Waals surface area contributed by atoms with E-state index >= 15 is 0 Å². The third-order valence-corrected chi connectivity index (χ3v) is 6.45. The molecule has 0 unspecified atom stereocenters. The summed E-state index contributed by atoms with van der Waals surface area (Å²) in [6, 6.07) is 11.5. The van der Waals surface area contributed by atoms with Gasteiger partial charge in [0.2, 0.25) is 0 Å². The van der Waals surface area contributed by atoms with Crippen molar-refractivity contribution in [3.05, 3.63) is 56.1 Å². The quantitative estimate of drug-likeness (QED) is 0.272. The van der Waals surface area contributed by atoms with Crippen LogP contribution in [-0.4, -0.2) is 13.7 Å². The smallest absolute Gasteiger partial charge is 0.387 e. The Balaban J connectivity index is 0.000000152. The van der Waals surface area contributed by atoms with Crippen LogP contribution in [0.25, 0.3) is 20.2 Å². The van der Waals surface area contributed by atoms with Crippen molar-refractivity contribution >= 4 is 74.7 Å². The molecule has 2 aromatic heterocycles. The van der Waals surface area contributed by atoms with Gasteiger partial charge >= 0.3 is 6.61 Å². The maximum absolute atomic E-state index is 12.0. The normalized spacial score (nSPS) is 10.8. The first-order valence-electron chi connectivity index (χ1n) is 7.30. The van der Waals surface area contributed by atoms with Crippen LogP contribution in [0.4, 0.5) is 8.78 Å². The van der Waals surface area contributed by atoms with Crippen molar-refractivity contribution in [1.29, 1.82) is 0 Å². The van der Waals surface area contributed by atoms with Gasteiger partial charge in [-0.15, -0.1) is 22.7 Å². The van der Waals surface area contributed by atoms with Crippen molar-refractivity contribution in [2.45, 2.75) is 6.61 Å². The van der Waals surface area contributed by atoms with Crippen LogP contribution >= 0.6 is 54.5 Å². The number of benzene rings is 2. The molecular formula is C18H12Br2F2O2S2. The van der Waals surface area contributed by atoms with Crippen molar-refractivity contribution in [2.75, 3.05) is 7.11 Å². The first-order valence-corrected chi connectivity index (χ1v) is 10.6.